The van der Waals surface area contributed by atoms with Gasteiger partial charge < -0.3 is 20.9 Å². The topological polar surface area (TPSA) is 119 Å². The normalized spacial score (nSPS) is 21.8. The van der Waals surface area contributed by atoms with Gasteiger partial charge in [-0.05, 0) is 23.6 Å². The standard InChI is InChI=1S/C15H18N2O5/c1-15(2)10(11(15)14(20)21)13(19)17-8-6-7(12(16)18)4-5-9(8)22-3/h4-6,10-11H,1-3H3,(H2,16,18)(H,17,19)(H,20,21)/t10-,11-/m0/s1. The average Bonchev–Trinajstić information content (AvgIpc) is 3.01. The third kappa shape index (κ3) is 2.61. The molecule has 0 saturated heterocycles. The molecule has 0 heterocycles. The van der Waals surface area contributed by atoms with Crippen molar-refractivity contribution in [3.05, 3.63) is 23.8 Å². The number of benzene rings is 1. The molecule has 0 unspecified atom stereocenters. The summed E-state index contributed by atoms with van der Waals surface area (Å²) in [5.41, 5.74) is 5.12. The van der Waals surface area contributed by atoms with E-state index < -0.39 is 35.0 Å². The molecule has 0 aliphatic heterocycles. The number of amides is 2. The largest absolute Gasteiger partial charge is 0.495 e. The van der Waals surface area contributed by atoms with Gasteiger partial charge in [0.2, 0.25) is 11.8 Å². The van der Waals surface area contributed by atoms with Crippen molar-refractivity contribution >= 4 is 23.5 Å². The summed E-state index contributed by atoms with van der Waals surface area (Å²) in [6.07, 6.45) is 0. The van der Waals surface area contributed by atoms with Crippen molar-refractivity contribution in [2.24, 2.45) is 23.0 Å². The molecule has 7 nitrogen and oxygen atoms in total. The molecule has 1 aromatic rings. The number of hydrogen-bond acceptors (Lipinski definition) is 4. The zero-order valence-corrected chi connectivity index (χ0v) is 12.5. The van der Waals surface area contributed by atoms with Crippen LogP contribution in [0.4, 0.5) is 5.69 Å². The molecule has 2 amide bonds. The predicted octanol–water partition coefficient (Wildman–Crippen LogP) is 1.09. The predicted molar refractivity (Wildman–Crippen MR) is 78.5 cm³/mol. The molecule has 1 saturated carbocycles. The molecule has 2 rings (SSSR count). The van der Waals surface area contributed by atoms with Crippen LogP contribution in [-0.4, -0.2) is 30.0 Å². The Morgan fingerprint density at radius 1 is 1.27 bits per heavy atom. The van der Waals surface area contributed by atoms with Crippen LogP contribution in [0, 0.1) is 17.3 Å². The van der Waals surface area contributed by atoms with E-state index in [0.29, 0.717) is 5.75 Å². The van der Waals surface area contributed by atoms with Crippen LogP contribution in [0.25, 0.3) is 0 Å². The molecule has 1 fully saturated rings. The second kappa shape index (κ2) is 5.32. The van der Waals surface area contributed by atoms with Crippen LogP contribution in [-0.2, 0) is 9.59 Å². The number of aliphatic carboxylic acids is 1. The van der Waals surface area contributed by atoms with Crippen molar-refractivity contribution in [3.63, 3.8) is 0 Å². The quantitative estimate of drug-likeness (QED) is 0.752. The molecular weight excluding hydrogens is 288 g/mol. The summed E-state index contributed by atoms with van der Waals surface area (Å²) in [7, 11) is 1.43. The van der Waals surface area contributed by atoms with E-state index in [1.54, 1.807) is 13.8 Å². The number of primary amides is 1. The number of carbonyl (C=O) groups excluding carboxylic acids is 2. The Kier molecular flexibility index (Phi) is 3.83. The third-order valence-electron chi connectivity index (χ3n) is 4.12. The van der Waals surface area contributed by atoms with Crippen molar-refractivity contribution in [1.29, 1.82) is 0 Å². The maximum absolute atomic E-state index is 12.3. The number of carbonyl (C=O) groups is 3. The summed E-state index contributed by atoms with van der Waals surface area (Å²) >= 11 is 0. The lowest BCUT2D eigenvalue weighted by Gasteiger charge is -2.11. The van der Waals surface area contributed by atoms with Crippen molar-refractivity contribution in [3.8, 4) is 5.75 Å². The number of carboxylic acids is 1. The number of nitrogens with two attached hydrogens (primary N) is 1. The van der Waals surface area contributed by atoms with Gasteiger partial charge >= 0.3 is 5.97 Å². The second-order valence-electron chi connectivity index (χ2n) is 5.88. The molecule has 0 bridgehead atoms. The molecule has 118 valence electrons. The van der Waals surface area contributed by atoms with E-state index in [-0.39, 0.29) is 11.3 Å². The fraction of sp³-hybridized carbons (Fsp3) is 0.400. The van der Waals surface area contributed by atoms with Gasteiger partial charge in [0, 0.05) is 5.56 Å². The smallest absolute Gasteiger partial charge is 0.307 e. The second-order valence-corrected chi connectivity index (χ2v) is 5.88. The lowest BCUT2D eigenvalue weighted by molar-refractivity contribution is -0.140. The lowest BCUT2D eigenvalue weighted by Crippen LogP contribution is -2.19. The van der Waals surface area contributed by atoms with Crippen molar-refractivity contribution in [1.82, 2.24) is 0 Å². The summed E-state index contributed by atoms with van der Waals surface area (Å²) in [5.74, 6) is -3.04. The Bertz CT molecular complexity index is 653. The molecule has 1 aliphatic carbocycles. The van der Waals surface area contributed by atoms with E-state index in [0.717, 1.165) is 0 Å². The maximum atomic E-state index is 12.3. The fourth-order valence-corrected chi connectivity index (χ4v) is 2.76. The Morgan fingerprint density at radius 2 is 1.91 bits per heavy atom. The molecule has 2 atom stereocenters. The molecule has 1 aliphatic rings. The molecule has 1 aromatic carbocycles. The Hall–Kier alpha value is -2.57. The van der Waals surface area contributed by atoms with Crippen LogP contribution < -0.4 is 15.8 Å². The first-order valence-corrected chi connectivity index (χ1v) is 6.71. The van der Waals surface area contributed by atoms with Gasteiger partial charge in [0.1, 0.15) is 5.75 Å². The SMILES string of the molecule is COc1ccc(C(N)=O)cc1NC(=O)[C@@H]1[C@@H](C(=O)O)C1(C)C. The van der Waals surface area contributed by atoms with E-state index in [1.165, 1.54) is 25.3 Å². The Morgan fingerprint density at radius 3 is 2.36 bits per heavy atom. The first-order chi connectivity index (χ1) is 10.2. The highest BCUT2D eigenvalue weighted by Crippen LogP contribution is 2.58. The fourth-order valence-electron chi connectivity index (χ4n) is 2.76. The highest BCUT2D eigenvalue weighted by Gasteiger charge is 2.65. The highest BCUT2D eigenvalue weighted by molar-refractivity contribution is 6.02. The van der Waals surface area contributed by atoms with Gasteiger partial charge in [-0.25, -0.2) is 0 Å². The van der Waals surface area contributed by atoms with E-state index in [9.17, 15) is 14.4 Å². The number of nitrogens with one attached hydrogen (secondary N) is 1. The summed E-state index contributed by atoms with van der Waals surface area (Å²) in [5, 5.41) is 11.8. The van der Waals surface area contributed by atoms with Crippen LogP contribution in [0.15, 0.2) is 18.2 Å². The number of methoxy groups -OCH3 is 1. The highest BCUT2D eigenvalue weighted by atomic mass is 16.5. The van der Waals surface area contributed by atoms with Gasteiger partial charge in [0.05, 0.1) is 24.6 Å². The third-order valence-corrected chi connectivity index (χ3v) is 4.12. The van der Waals surface area contributed by atoms with Crippen LogP contribution in [0.3, 0.4) is 0 Å². The van der Waals surface area contributed by atoms with E-state index in [2.05, 4.69) is 5.32 Å². The molecule has 4 N–H and O–H groups in total. The van der Waals surface area contributed by atoms with Crippen LogP contribution in [0.5, 0.6) is 5.75 Å². The van der Waals surface area contributed by atoms with Crippen LogP contribution in [0.1, 0.15) is 24.2 Å². The molecule has 0 spiro atoms. The zero-order valence-electron chi connectivity index (χ0n) is 12.5. The van der Waals surface area contributed by atoms with E-state index in [4.69, 9.17) is 15.6 Å². The van der Waals surface area contributed by atoms with E-state index in [1.807, 2.05) is 0 Å². The number of rotatable bonds is 5. The minimum Gasteiger partial charge on any atom is -0.495 e. The maximum Gasteiger partial charge on any atom is 0.307 e. The summed E-state index contributed by atoms with van der Waals surface area (Å²) < 4.78 is 5.12. The zero-order chi connectivity index (χ0) is 16.7. The monoisotopic (exact) mass is 306 g/mol. The van der Waals surface area contributed by atoms with Crippen molar-refractivity contribution in [2.75, 3.05) is 12.4 Å². The van der Waals surface area contributed by atoms with Gasteiger partial charge in [-0.2, -0.15) is 0 Å². The molecule has 22 heavy (non-hydrogen) atoms. The Labute approximate surface area is 127 Å². The lowest BCUT2D eigenvalue weighted by atomic mass is 10.1. The van der Waals surface area contributed by atoms with Crippen molar-refractivity contribution < 1.29 is 24.2 Å². The number of hydrogen-bond donors (Lipinski definition) is 3. The number of ether oxygens (including phenoxy) is 1. The van der Waals surface area contributed by atoms with Gasteiger partial charge in [-0.15, -0.1) is 0 Å². The summed E-state index contributed by atoms with van der Waals surface area (Å²) in [6.45, 7) is 3.46. The first-order valence-electron chi connectivity index (χ1n) is 6.71. The minimum absolute atomic E-state index is 0.223. The molecule has 0 radical (unpaired) electrons. The average molecular weight is 306 g/mol. The number of carboxylic acid groups (broad SMARTS) is 1. The van der Waals surface area contributed by atoms with Gasteiger partial charge in [0.25, 0.3) is 0 Å². The number of anilines is 1. The van der Waals surface area contributed by atoms with Crippen LogP contribution in [0.2, 0.25) is 0 Å². The van der Waals surface area contributed by atoms with Gasteiger partial charge in [-0.3, -0.25) is 14.4 Å². The molecular formula is C15H18N2O5. The van der Waals surface area contributed by atoms with Crippen LogP contribution >= 0.6 is 0 Å². The van der Waals surface area contributed by atoms with Gasteiger partial charge in [0.15, 0.2) is 0 Å². The minimum atomic E-state index is -0.997. The summed E-state index contributed by atoms with van der Waals surface area (Å²) in [6, 6.07) is 4.41. The van der Waals surface area contributed by atoms with E-state index >= 15 is 0 Å². The Balaban J connectivity index is 2.24. The van der Waals surface area contributed by atoms with Gasteiger partial charge in [-0.1, -0.05) is 13.8 Å². The molecule has 0 aromatic heterocycles. The van der Waals surface area contributed by atoms with Crippen molar-refractivity contribution in [2.45, 2.75) is 13.8 Å². The summed E-state index contributed by atoms with van der Waals surface area (Å²) in [4.78, 5) is 34.7. The first kappa shape index (κ1) is 15.8. The molecule has 7 heteroatoms.